The topological polar surface area (TPSA) is 29.5 Å². The third-order valence-corrected chi connectivity index (χ3v) is 3.27. The Morgan fingerprint density at radius 2 is 2.00 bits per heavy atom. The van der Waals surface area contributed by atoms with Crippen molar-refractivity contribution in [3.05, 3.63) is 12.7 Å². The Hall–Kier alpha value is -0.0900. The molecule has 0 amide bonds. The van der Waals surface area contributed by atoms with Crippen molar-refractivity contribution < 1.29 is 26.7 Å². The van der Waals surface area contributed by atoms with Gasteiger partial charge in [-0.15, -0.1) is 0 Å². The highest BCUT2D eigenvalue weighted by molar-refractivity contribution is 4.67. The van der Waals surface area contributed by atoms with Crippen molar-refractivity contribution >= 4 is 0 Å². The summed E-state index contributed by atoms with van der Waals surface area (Å²) < 4.78 is 6.61. The van der Waals surface area contributed by atoms with Crippen LogP contribution in [0.1, 0.15) is 39.5 Å². The Morgan fingerprint density at radius 1 is 1.33 bits per heavy atom. The molecule has 2 atom stereocenters. The SMILES string of the molecule is C=CC[N+](C)(CCO)C(CCCCC)OCC.[Cl-]. The summed E-state index contributed by atoms with van der Waals surface area (Å²) in [6.45, 7) is 10.6. The van der Waals surface area contributed by atoms with Crippen molar-refractivity contribution in [3.63, 3.8) is 0 Å². The van der Waals surface area contributed by atoms with Crippen LogP contribution in [0.15, 0.2) is 12.7 Å². The Labute approximate surface area is 119 Å². The van der Waals surface area contributed by atoms with E-state index in [9.17, 15) is 5.11 Å². The zero-order valence-electron chi connectivity index (χ0n) is 12.2. The first-order valence-corrected chi connectivity index (χ1v) is 6.82. The molecule has 0 aromatic heterocycles. The van der Waals surface area contributed by atoms with Gasteiger partial charge in [0.25, 0.3) is 0 Å². The van der Waals surface area contributed by atoms with Gasteiger partial charge in [0.1, 0.15) is 6.54 Å². The molecule has 0 aliphatic heterocycles. The molecule has 0 aliphatic carbocycles. The van der Waals surface area contributed by atoms with Crippen LogP contribution in [0.5, 0.6) is 0 Å². The van der Waals surface area contributed by atoms with Crippen LogP contribution in [0, 0.1) is 0 Å². The van der Waals surface area contributed by atoms with Crippen LogP contribution in [0.3, 0.4) is 0 Å². The van der Waals surface area contributed by atoms with Crippen molar-refractivity contribution in [2.75, 3.05) is 33.4 Å². The molecule has 110 valence electrons. The van der Waals surface area contributed by atoms with E-state index in [2.05, 4.69) is 20.6 Å². The molecule has 0 aliphatic rings. The van der Waals surface area contributed by atoms with Gasteiger partial charge in [0.05, 0.1) is 26.8 Å². The second kappa shape index (κ2) is 12.0. The molecular weight excluding hydrogens is 250 g/mol. The van der Waals surface area contributed by atoms with Crippen LogP contribution < -0.4 is 12.4 Å². The van der Waals surface area contributed by atoms with Gasteiger partial charge in [-0.2, -0.15) is 0 Å². The van der Waals surface area contributed by atoms with Crippen molar-refractivity contribution in [2.45, 2.75) is 45.8 Å². The molecule has 0 fully saturated rings. The molecule has 0 saturated heterocycles. The second-order valence-corrected chi connectivity index (χ2v) is 4.80. The molecule has 2 unspecified atom stereocenters. The summed E-state index contributed by atoms with van der Waals surface area (Å²) in [7, 11) is 2.14. The van der Waals surface area contributed by atoms with E-state index in [1.807, 2.05) is 13.0 Å². The lowest BCUT2D eigenvalue weighted by Crippen LogP contribution is -3.00. The number of aliphatic hydroxyl groups excluding tert-OH is 1. The number of quaternary nitrogens is 1. The van der Waals surface area contributed by atoms with Gasteiger partial charge in [-0.1, -0.05) is 26.3 Å². The van der Waals surface area contributed by atoms with Crippen LogP contribution in [0.25, 0.3) is 0 Å². The molecular formula is C14H30ClNO2. The molecule has 0 saturated carbocycles. The molecule has 0 aromatic rings. The summed E-state index contributed by atoms with van der Waals surface area (Å²) >= 11 is 0. The number of aliphatic hydroxyl groups is 1. The average molecular weight is 280 g/mol. The Bertz CT molecular complexity index is 202. The number of hydrogen-bond donors (Lipinski definition) is 1. The van der Waals surface area contributed by atoms with E-state index >= 15 is 0 Å². The van der Waals surface area contributed by atoms with E-state index in [4.69, 9.17) is 4.74 Å². The number of nitrogens with zero attached hydrogens (tertiary/aromatic N) is 1. The molecule has 0 rings (SSSR count). The van der Waals surface area contributed by atoms with Gasteiger partial charge in [0, 0.05) is 6.42 Å². The third kappa shape index (κ3) is 7.37. The largest absolute Gasteiger partial charge is 1.00 e. The standard InChI is InChI=1S/C14H30NO2.ClH/c1-5-8-9-10-14(17-7-3)15(4,11-6-2)12-13-16;/h6,14,16H,2,5,7-13H2,1,3-4H3;1H/q+1;/p-1. The minimum atomic E-state index is 0. The summed E-state index contributed by atoms with van der Waals surface area (Å²) in [5.74, 6) is 0. The third-order valence-electron chi connectivity index (χ3n) is 3.27. The van der Waals surface area contributed by atoms with E-state index < -0.39 is 0 Å². The van der Waals surface area contributed by atoms with Crippen LogP contribution in [0.4, 0.5) is 0 Å². The predicted molar refractivity (Wildman–Crippen MR) is 72.8 cm³/mol. The van der Waals surface area contributed by atoms with Gasteiger partial charge >= 0.3 is 0 Å². The van der Waals surface area contributed by atoms with E-state index in [0.29, 0.717) is 0 Å². The van der Waals surface area contributed by atoms with Crippen molar-refractivity contribution in [3.8, 4) is 0 Å². The van der Waals surface area contributed by atoms with Gasteiger partial charge in [0.15, 0.2) is 6.23 Å². The zero-order chi connectivity index (χ0) is 13.1. The summed E-state index contributed by atoms with van der Waals surface area (Å²) in [6, 6.07) is 0. The lowest BCUT2D eigenvalue weighted by molar-refractivity contribution is -0.950. The highest BCUT2D eigenvalue weighted by Gasteiger charge is 2.31. The first kappa shape index (κ1) is 20.2. The normalized spacial score (nSPS) is 15.6. The Balaban J connectivity index is 0. The predicted octanol–water partition coefficient (Wildman–Crippen LogP) is -0.442. The summed E-state index contributed by atoms with van der Waals surface area (Å²) in [6.07, 6.45) is 6.82. The first-order valence-electron chi connectivity index (χ1n) is 6.82. The number of rotatable bonds is 11. The van der Waals surface area contributed by atoms with E-state index in [0.717, 1.165) is 30.6 Å². The molecule has 1 N–H and O–H groups in total. The van der Waals surface area contributed by atoms with Crippen LogP contribution in [0.2, 0.25) is 0 Å². The number of hydrogen-bond acceptors (Lipinski definition) is 2. The number of unbranched alkanes of at least 4 members (excludes halogenated alkanes) is 2. The highest BCUT2D eigenvalue weighted by atomic mass is 35.5. The molecule has 4 heteroatoms. The average Bonchev–Trinajstić information content (AvgIpc) is 2.29. The maximum atomic E-state index is 9.21. The second-order valence-electron chi connectivity index (χ2n) is 4.80. The maximum absolute atomic E-state index is 9.21. The molecule has 0 aromatic carbocycles. The van der Waals surface area contributed by atoms with E-state index in [-0.39, 0.29) is 25.2 Å². The van der Waals surface area contributed by atoms with Gasteiger partial charge in [0.2, 0.25) is 0 Å². The van der Waals surface area contributed by atoms with Gasteiger partial charge < -0.3 is 22.3 Å². The first-order chi connectivity index (χ1) is 8.14. The van der Waals surface area contributed by atoms with Crippen molar-refractivity contribution in [1.29, 1.82) is 0 Å². The Kier molecular flexibility index (Phi) is 13.5. The molecule has 18 heavy (non-hydrogen) atoms. The smallest absolute Gasteiger partial charge is 0.193 e. The fraction of sp³-hybridized carbons (Fsp3) is 0.857. The lowest BCUT2D eigenvalue weighted by Gasteiger charge is -2.40. The van der Waals surface area contributed by atoms with Gasteiger partial charge in [-0.3, -0.25) is 4.48 Å². The number of halogens is 1. The molecule has 0 spiro atoms. The molecule has 0 heterocycles. The van der Waals surface area contributed by atoms with Crippen molar-refractivity contribution in [2.24, 2.45) is 0 Å². The monoisotopic (exact) mass is 279 g/mol. The minimum Gasteiger partial charge on any atom is -1.00 e. The fourth-order valence-electron chi connectivity index (χ4n) is 2.21. The molecule has 0 radical (unpaired) electrons. The summed E-state index contributed by atoms with van der Waals surface area (Å²) in [4.78, 5) is 0. The molecule has 3 nitrogen and oxygen atoms in total. The fourth-order valence-corrected chi connectivity index (χ4v) is 2.21. The number of ether oxygens (including phenoxy) is 1. The van der Waals surface area contributed by atoms with Crippen LogP contribution >= 0.6 is 0 Å². The highest BCUT2D eigenvalue weighted by Crippen LogP contribution is 2.18. The zero-order valence-corrected chi connectivity index (χ0v) is 13.0. The maximum Gasteiger partial charge on any atom is 0.193 e. The quantitative estimate of drug-likeness (QED) is 0.240. The Morgan fingerprint density at radius 3 is 2.44 bits per heavy atom. The van der Waals surface area contributed by atoms with Crippen molar-refractivity contribution in [1.82, 2.24) is 0 Å². The van der Waals surface area contributed by atoms with Gasteiger partial charge in [-0.25, -0.2) is 0 Å². The molecule has 0 bridgehead atoms. The minimum absolute atomic E-state index is 0. The van der Waals surface area contributed by atoms with E-state index in [1.54, 1.807) is 0 Å². The summed E-state index contributed by atoms with van der Waals surface area (Å²) in [5, 5.41) is 9.21. The van der Waals surface area contributed by atoms with Gasteiger partial charge in [-0.05, 0) is 19.4 Å². The number of likely N-dealkylation sites (N-methyl/N-ethyl adjacent to an activating group) is 1. The summed E-state index contributed by atoms with van der Waals surface area (Å²) in [5.41, 5.74) is 0. The lowest BCUT2D eigenvalue weighted by atomic mass is 10.1. The van der Waals surface area contributed by atoms with E-state index in [1.165, 1.54) is 19.3 Å². The van der Waals surface area contributed by atoms with Crippen LogP contribution in [-0.2, 0) is 4.74 Å². The van der Waals surface area contributed by atoms with Crippen LogP contribution in [-0.4, -0.2) is 49.2 Å².